The summed E-state index contributed by atoms with van der Waals surface area (Å²) in [7, 11) is -4.17. The summed E-state index contributed by atoms with van der Waals surface area (Å²) in [6, 6.07) is 23.6. The number of aryl methyl sites for hydroxylation is 1. The van der Waals surface area contributed by atoms with Gasteiger partial charge in [0.2, 0.25) is 0 Å². The molecule has 8 heteroatoms. The fourth-order valence-corrected chi connectivity index (χ4v) is 4.84. The number of rotatable bonds is 11. The van der Waals surface area contributed by atoms with E-state index in [1.165, 1.54) is 6.08 Å². The molecule has 5 nitrogen and oxygen atoms in total. The van der Waals surface area contributed by atoms with Crippen molar-refractivity contribution in [3.8, 4) is 5.75 Å². The second-order valence-electron chi connectivity index (χ2n) is 7.59. The summed E-state index contributed by atoms with van der Waals surface area (Å²) < 4.78 is 16.8. The highest BCUT2D eigenvalue weighted by Crippen LogP contribution is 2.36. The topological polar surface area (TPSA) is 92.8 Å². The molecule has 0 saturated heterocycles. The number of halogens is 1. The molecule has 0 heterocycles. The van der Waals surface area contributed by atoms with Gasteiger partial charge in [0.15, 0.2) is 0 Å². The van der Waals surface area contributed by atoms with Crippen LogP contribution in [0.15, 0.2) is 94.5 Å². The third-order valence-electron chi connectivity index (χ3n) is 4.83. The van der Waals surface area contributed by atoms with E-state index in [1.807, 2.05) is 72.8 Å². The fourth-order valence-electron chi connectivity index (χ4n) is 3.15. The molecule has 0 radical (unpaired) electrons. The van der Waals surface area contributed by atoms with Crippen molar-refractivity contribution in [3.63, 3.8) is 0 Å². The molecule has 0 aliphatic rings. The predicted molar refractivity (Wildman–Crippen MR) is 135 cm³/mol. The molecular formula is C25H27ClNO4PS. The Kier molecular flexibility index (Phi) is 9.63. The first-order valence-corrected chi connectivity index (χ1v) is 13.4. The van der Waals surface area contributed by atoms with Crippen molar-refractivity contribution in [1.82, 2.24) is 0 Å². The summed E-state index contributed by atoms with van der Waals surface area (Å²) >= 11 is 8.11. The monoisotopic (exact) mass is 503 g/mol. The molecule has 0 bridgehead atoms. The normalized spacial score (nSPS) is 12.7. The van der Waals surface area contributed by atoms with Crippen molar-refractivity contribution in [2.45, 2.75) is 41.7 Å². The van der Waals surface area contributed by atoms with Crippen molar-refractivity contribution in [2.75, 3.05) is 0 Å². The number of ether oxygens (including phenoxy) is 1. The Balaban J connectivity index is 1.52. The zero-order valence-electron chi connectivity index (χ0n) is 18.0. The lowest BCUT2D eigenvalue weighted by Gasteiger charge is -2.10. The molecule has 1 atom stereocenters. The second kappa shape index (κ2) is 12.4. The Morgan fingerprint density at radius 3 is 2.52 bits per heavy atom. The van der Waals surface area contributed by atoms with Gasteiger partial charge in [-0.15, -0.1) is 0 Å². The van der Waals surface area contributed by atoms with Crippen molar-refractivity contribution >= 4 is 31.0 Å². The van der Waals surface area contributed by atoms with Crippen molar-refractivity contribution < 1.29 is 19.1 Å². The van der Waals surface area contributed by atoms with Crippen LogP contribution >= 0.6 is 31.0 Å². The fraction of sp³-hybridized carbons (Fsp3) is 0.200. The summed E-state index contributed by atoms with van der Waals surface area (Å²) in [6.07, 6.45) is 3.47. The van der Waals surface area contributed by atoms with Crippen LogP contribution in [0.5, 0.6) is 5.75 Å². The Hall–Kier alpha value is -2.05. The van der Waals surface area contributed by atoms with Crippen molar-refractivity contribution in [2.24, 2.45) is 5.73 Å². The number of benzene rings is 3. The van der Waals surface area contributed by atoms with Gasteiger partial charge < -0.3 is 20.3 Å². The zero-order valence-corrected chi connectivity index (χ0v) is 20.5. The molecule has 0 saturated carbocycles. The molecule has 1 unspecified atom stereocenters. The predicted octanol–water partition coefficient (Wildman–Crippen LogP) is 6.41. The molecular weight excluding hydrogens is 477 g/mol. The molecule has 0 aliphatic carbocycles. The summed E-state index contributed by atoms with van der Waals surface area (Å²) in [4.78, 5) is 19.8. The van der Waals surface area contributed by atoms with Gasteiger partial charge in [-0.05, 0) is 60.7 Å². The van der Waals surface area contributed by atoms with Crippen LogP contribution in [0.2, 0.25) is 5.02 Å². The van der Waals surface area contributed by atoms with Crippen LogP contribution in [0.25, 0.3) is 0 Å². The first-order valence-electron chi connectivity index (χ1n) is 10.5. The van der Waals surface area contributed by atoms with Gasteiger partial charge in [0.25, 0.3) is 0 Å². The lowest BCUT2D eigenvalue weighted by Crippen LogP contribution is -2.16. The van der Waals surface area contributed by atoms with E-state index in [1.54, 1.807) is 11.8 Å². The molecule has 174 valence electrons. The SMILES string of the molecule is NC(/C=C/P(=O)(O)O)CCCc1ccc(Sc2cccc(OCc3ccccc3)c2)cc1Cl. The van der Waals surface area contributed by atoms with Crippen LogP contribution in [0, 0.1) is 0 Å². The minimum absolute atomic E-state index is 0.400. The largest absolute Gasteiger partial charge is 0.489 e. The Bertz CT molecular complexity index is 1120. The lowest BCUT2D eigenvalue weighted by molar-refractivity contribution is 0.305. The van der Waals surface area contributed by atoms with Gasteiger partial charge in [0.05, 0.1) is 0 Å². The highest BCUT2D eigenvalue weighted by atomic mass is 35.5. The molecule has 0 amide bonds. The third kappa shape index (κ3) is 9.38. The number of hydrogen-bond acceptors (Lipinski definition) is 4. The minimum Gasteiger partial charge on any atom is -0.489 e. The standard InChI is InChI=1S/C25H27ClNO4PS/c26-25-17-24(13-12-20(25)8-4-9-21(27)14-15-32(28,29)30)33-23-11-5-10-22(16-23)31-18-19-6-2-1-3-7-19/h1-3,5-7,10-17,21H,4,8-9,18,27H2,(H2,28,29,30)/b15-14+. The maximum absolute atomic E-state index is 10.9. The Morgan fingerprint density at radius 2 is 1.79 bits per heavy atom. The van der Waals surface area contributed by atoms with Gasteiger partial charge in [0, 0.05) is 26.7 Å². The van der Waals surface area contributed by atoms with E-state index in [4.69, 9.17) is 31.9 Å². The van der Waals surface area contributed by atoms with Gasteiger partial charge in [-0.3, -0.25) is 4.57 Å². The van der Waals surface area contributed by atoms with Crippen LogP contribution in [0.3, 0.4) is 0 Å². The van der Waals surface area contributed by atoms with Crippen LogP contribution in [-0.4, -0.2) is 15.8 Å². The van der Waals surface area contributed by atoms with E-state index in [-0.39, 0.29) is 0 Å². The van der Waals surface area contributed by atoms with Gasteiger partial charge in [0.1, 0.15) is 12.4 Å². The lowest BCUT2D eigenvalue weighted by atomic mass is 10.1. The van der Waals surface area contributed by atoms with Crippen LogP contribution in [0.4, 0.5) is 0 Å². The van der Waals surface area contributed by atoms with E-state index >= 15 is 0 Å². The van der Waals surface area contributed by atoms with Crippen LogP contribution < -0.4 is 10.5 Å². The smallest absolute Gasteiger partial charge is 0.348 e. The van der Waals surface area contributed by atoms with Gasteiger partial charge in [-0.1, -0.05) is 71.9 Å². The molecule has 4 N–H and O–H groups in total. The maximum Gasteiger partial charge on any atom is 0.348 e. The zero-order chi connectivity index (χ0) is 23.7. The van der Waals surface area contributed by atoms with E-state index < -0.39 is 13.6 Å². The van der Waals surface area contributed by atoms with Gasteiger partial charge in [-0.2, -0.15) is 0 Å². The number of hydrogen-bond donors (Lipinski definition) is 3. The molecule has 33 heavy (non-hydrogen) atoms. The average Bonchev–Trinajstić information content (AvgIpc) is 2.78. The third-order valence-corrected chi connectivity index (χ3v) is 6.72. The summed E-state index contributed by atoms with van der Waals surface area (Å²) in [5.41, 5.74) is 8.03. The molecule has 0 aliphatic heterocycles. The van der Waals surface area contributed by atoms with E-state index in [2.05, 4.69) is 0 Å². The van der Waals surface area contributed by atoms with Crippen molar-refractivity contribution in [3.05, 3.63) is 101 Å². The molecule has 3 rings (SSSR count). The van der Waals surface area contributed by atoms with E-state index in [0.717, 1.165) is 45.3 Å². The first kappa shape index (κ1) is 25.6. The molecule has 3 aromatic carbocycles. The van der Waals surface area contributed by atoms with E-state index in [9.17, 15) is 4.57 Å². The van der Waals surface area contributed by atoms with Crippen LogP contribution in [0.1, 0.15) is 24.0 Å². The highest BCUT2D eigenvalue weighted by molar-refractivity contribution is 7.99. The van der Waals surface area contributed by atoms with E-state index in [0.29, 0.717) is 18.1 Å². The van der Waals surface area contributed by atoms with Crippen molar-refractivity contribution in [1.29, 1.82) is 0 Å². The van der Waals surface area contributed by atoms with Gasteiger partial charge >= 0.3 is 7.60 Å². The van der Waals surface area contributed by atoms with Gasteiger partial charge in [-0.25, -0.2) is 0 Å². The highest BCUT2D eigenvalue weighted by Gasteiger charge is 2.09. The molecule has 0 aromatic heterocycles. The molecule has 3 aromatic rings. The Morgan fingerprint density at radius 1 is 1.03 bits per heavy atom. The summed E-state index contributed by atoms with van der Waals surface area (Å²) in [5.74, 6) is 1.67. The molecule has 0 spiro atoms. The minimum atomic E-state index is -4.17. The molecule has 0 fully saturated rings. The van der Waals surface area contributed by atoms with Crippen LogP contribution in [-0.2, 0) is 17.6 Å². The average molecular weight is 504 g/mol. The quantitative estimate of drug-likeness (QED) is 0.262. The number of nitrogens with two attached hydrogens (primary N) is 1. The second-order valence-corrected chi connectivity index (χ2v) is 10.6. The first-order chi connectivity index (χ1) is 15.8. The summed E-state index contributed by atoms with van der Waals surface area (Å²) in [6.45, 7) is 0.522. The summed E-state index contributed by atoms with van der Waals surface area (Å²) in [5, 5.41) is 0.691. The Labute approximate surface area is 203 Å². The maximum atomic E-state index is 10.9.